The minimum Gasteiger partial charge on any atom is -0.507 e. The van der Waals surface area contributed by atoms with E-state index in [1.165, 1.54) is 13.2 Å². The van der Waals surface area contributed by atoms with Crippen LogP contribution in [0.25, 0.3) is 5.57 Å². The summed E-state index contributed by atoms with van der Waals surface area (Å²) in [7, 11) is 1.53. The quantitative estimate of drug-likeness (QED) is 0.627. The highest BCUT2D eigenvalue weighted by atomic mass is 16.5. The lowest BCUT2D eigenvalue weighted by atomic mass is 9.89. The van der Waals surface area contributed by atoms with Gasteiger partial charge in [0.1, 0.15) is 17.3 Å². The maximum atomic E-state index is 10.4. The molecule has 1 aromatic carbocycles. The molecule has 2 N–H and O–H groups in total. The van der Waals surface area contributed by atoms with Gasteiger partial charge in [-0.15, -0.1) is 0 Å². The third-order valence-corrected chi connectivity index (χ3v) is 4.06. The number of aliphatic hydroxyl groups is 1. The van der Waals surface area contributed by atoms with Crippen molar-refractivity contribution in [2.45, 2.75) is 34.6 Å². The fourth-order valence-corrected chi connectivity index (χ4v) is 2.27. The highest BCUT2D eigenvalue weighted by molar-refractivity contribution is 5.82. The summed E-state index contributed by atoms with van der Waals surface area (Å²) in [6, 6.07) is 0. The van der Waals surface area contributed by atoms with Gasteiger partial charge in [0.25, 0.3) is 0 Å². The molecule has 0 amide bonds. The molecule has 0 aliphatic heterocycles. The summed E-state index contributed by atoms with van der Waals surface area (Å²) in [5, 5.41) is 20.6. The van der Waals surface area contributed by atoms with Gasteiger partial charge in [0, 0.05) is 17.2 Å². The molecule has 1 aromatic rings. The van der Waals surface area contributed by atoms with Crippen LogP contribution in [0.4, 0.5) is 0 Å². The van der Waals surface area contributed by atoms with Gasteiger partial charge in [0.15, 0.2) is 0 Å². The second-order valence-corrected chi connectivity index (χ2v) is 5.13. The number of hydrogen-bond acceptors (Lipinski definition) is 3. The summed E-state index contributed by atoms with van der Waals surface area (Å²) in [4.78, 5) is 0. The largest absolute Gasteiger partial charge is 0.507 e. The second kappa shape index (κ2) is 6.53. The van der Waals surface area contributed by atoms with Crippen molar-refractivity contribution in [3.8, 4) is 5.75 Å². The summed E-state index contributed by atoms with van der Waals surface area (Å²) >= 11 is 0. The van der Waals surface area contributed by atoms with E-state index in [0.29, 0.717) is 16.9 Å². The standard InChI is InChI=1S/C18H24O3/c1-8-15(21-7)9-16(19)14(6)17-12(4)10(2)11(3)13(5)18(17)20/h8-9,19-20H,6H2,1-5,7H3/b15-8+,16-9+. The van der Waals surface area contributed by atoms with Crippen LogP contribution in [0, 0.1) is 27.7 Å². The van der Waals surface area contributed by atoms with E-state index in [2.05, 4.69) is 6.58 Å². The predicted molar refractivity (Wildman–Crippen MR) is 87.6 cm³/mol. The molecule has 3 heteroatoms. The number of methoxy groups -OCH3 is 1. The molecular weight excluding hydrogens is 264 g/mol. The van der Waals surface area contributed by atoms with E-state index in [0.717, 1.165) is 22.3 Å². The summed E-state index contributed by atoms with van der Waals surface area (Å²) in [5.74, 6) is 0.678. The monoisotopic (exact) mass is 288 g/mol. The number of phenols is 1. The Balaban J connectivity index is 3.45. The zero-order valence-corrected chi connectivity index (χ0v) is 13.7. The van der Waals surface area contributed by atoms with E-state index in [1.807, 2.05) is 34.6 Å². The highest BCUT2D eigenvalue weighted by Crippen LogP contribution is 2.37. The molecule has 0 unspecified atom stereocenters. The highest BCUT2D eigenvalue weighted by Gasteiger charge is 2.18. The first-order valence-corrected chi connectivity index (χ1v) is 6.86. The van der Waals surface area contributed by atoms with Crippen LogP contribution in [-0.4, -0.2) is 17.3 Å². The zero-order valence-electron chi connectivity index (χ0n) is 13.7. The Bertz CT molecular complexity index is 605. The maximum absolute atomic E-state index is 10.4. The molecule has 3 nitrogen and oxygen atoms in total. The van der Waals surface area contributed by atoms with Gasteiger partial charge in [-0.1, -0.05) is 6.58 Å². The van der Waals surface area contributed by atoms with Gasteiger partial charge in [0.2, 0.25) is 0 Å². The first-order valence-electron chi connectivity index (χ1n) is 6.86. The Morgan fingerprint density at radius 3 is 2.05 bits per heavy atom. The third-order valence-electron chi connectivity index (χ3n) is 4.06. The van der Waals surface area contributed by atoms with Crippen LogP contribution in [0.2, 0.25) is 0 Å². The number of aromatic hydroxyl groups is 1. The molecule has 0 aliphatic carbocycles. The molecule has 0 saturated heterocycles. The summed E-state index contributed by atoms with van der Waals surface area (Å²) in [6.07, 6.45) is 3.23. The molecule has 0 fully saturated rings. The van der Waals surface area contributed by atoms with E-state index < -0.39 is 0 Å². The summed E-state index contributed by atoms with van der Waals surface area (Å²) < 4.78 is 5.10. The molecule has 0 saturated carbocycles. The van der Waals surface area contributed by atoms with Crippen molar-refractivity contribution in [3.05, 3.63) is 58.1 Å². The number of aliphatic hydroxyl groups excluding tert-OH is 1. The molecule has 0 atom stereocenters. The van der Waals surface area contributed by atoms with Gasteiger partial charge in [-0.05, 0) is 62.9 Å². The molecule has 0 radical (unpaired) electrons. The van der Waals surface area contributed by atoms with Crippen molar-refractivity contribution in [1.29, 1.82) is 0 Å². The van der Waals surface area contributed by atoms with Crippen molar-refractivity contribution in [3.63, 3.8) is 0 Å². The first-order chi connectivity index (χ1) is 9.76. The molecule has 21 heavy (non-hydrogen) atoms. The van der Waals surface area contributed by atoms with Crippen LogP contribution >= 0.6 is 0 Å². The Labute approximate surface area is 126 Å². The Hall–Kier alpha value is -2.16. The van der Waals surface area contributed by atoms with Gasteiger partial charge in [-0.3, -0.25) is 0 Å². The lowest BCUT2D eigenvalue weighted by Crippen LogP contribution is -2.00. The van der Waals surface area contributed by atoms with Gasteiger partial charge < -0.3 is 14.9 Å². The zero-order chi connectivity index (χ0) is 16.3. The lowest BCUT2D eigenvalue weighted by Gasteiger charge is -2.18. The van der Waals surface area contributed by atoms with E-state index in [-0.39, 0.29) is 11.5 Å². The minimum atomic E-state index is -0.0222. The van der Waals surface area contributed by atoms with Crippen LogP contribution in [0.1, 0.15) is 34.7 Å². The number of rotatable bonds is 4. The van der Waals surface area contributed by atoms with E-state index in [9.17, 15) is 10.2 Å². The number of hydrogen-bond donors (Lipinski definition) is 2. The molecule has 114 valence electrons. The SMILES string of the molecule is C=C(/C(O)=C\C(=C/C)OC)c1c(C)c(C)c(C)c(C)c1O. The van der Waals surface area contributed by atoms with Crippen molar-refractivity contribution < 1.29 is 14.9 Å². The van der Waals surface area contributed by atoms with Crippen LogP contribution in [0.15, 0.2) is 30.2 Å². The summed E-state index contributed by atoms with van der Waals surface area (Å²) in [6.45, 7) is 13.5. The Morgan fingerprint density at radius 1 is 1.05 bits per heavy atom. The average Bonchev–Trinajstić information content (AvgIpc) is 2.48. The number of phenolic OH excluding ortho intramolecular Hbond substituents is 1. The topological polar surface area (TPSA) is 49.7 Å². The fraction of sp³-hybridized carbons (Fsp3) is 0.333. The molecule has 1 rings (SSSR count). The van der Waals surface area contributed by atoms with Gasteiger partial charge >= 0.3 is 0 Å². The lowest BCUT2D eigenvalue weighted by molar-refractivity contribution is 0.302. The van der Waals surface area contributed by atoms with Crippen molar-refractivity contribution >= 4 is 5.57 Å². The molecular formula is C18H24O3. The molecule has 0 bridgehead atoms. The van der Waals surface area contributed by atoms with Crippen LogP contribution in [0.3, 0.4) is 0 Å². The Kier molecular flexibility index (Phi) is 5.25. The minimum absolute atomic E-state index is 0.0222. The first kappa shape index (κ1) is 16.9. The van der Waals surface area contributed by atoms with Crippen LogP contribution in [-0.2, 0) is 4.74 Å². The van der Waals surface area contributed by atoms with E-state index in [1.54, 1.807) is 6.08 Å². The molecule has 0 aromatic heterocycles. The summed E-state index contributed by atoms with van der Waals surface area (Å²) in [5.41, 5.74) is 4.83. The van der Waals surface area contributed by atoms with E-state index >= 15 is 0 Å². The number of benzene rings is 1. The second-order valence-electron chi connectivity index (χ2n) is 5.13. The smallest absolute Gasteiger partial charge is 0.126 e. The van der Waals surface area contributed by atoms with Gasteiger partial charge in [0.05, 0.1) is 7.11 Å². The molecule has 0 heterocycles. The van der Waals surface area contributed by atoms with Crippen molar-refractivity contribution in [1.82, 2.24) is 0 Å². The molecule has 0 spiro atoms. The van der Waals surface area contributed by atoms with Crippen molar-refractivity contribution in [2.24, 2.45) is 0 Å². The normalized spacial score (nSPS) is 12.5. The van der Waals surface area contributed by atoms with Crippen LogP contribution in [0.5, 0.6) is 5.75 Å². The van der Waals surface area contributed by atoms with E-state index in [4.69, 9.17) is 4.74 Å². The number of ether oxygens (including phenoxy) is 1. The fourth-order valence-electron chi connectivity index (χ4n) is 2.27. The third kappa shape index (κ3) is 3.13. The van der Waals surface area contributed by atoms with Gasteiger partial charge in [-0.2, -0.15) is 0 Å². The predicted octanol–water partition coefficient (Wildman–Crippen LogP) is 4.63. The average molecular weight is 288 g/mol. The number of allylic oxidation sites excluding steroid dienone is 3. The Morgan fingerprint density at radius 2 is 1.57 bits per heavy atom. The van der Waals surface area contributed by atoms with Crippen molar-refractivity contribution in [2.75, 3.05) is 7.11 Å². The molecule has 0 aliphatic rings. The maximum Gasteiger partial charge on any atom is 0.126 e. The van der Waals surface area contributed by atoms with Gasteiger partial charge in [-0.25, -0.2) is 0 Å². The van der Waals surface area contributed by atoms with Crippen LogP contribution < -0.4 is 0 Å².